The van der Waals surface area contributed by atoms with Crippen molar-refractivity contribution in [3.63, 3.8) is 0 Å². The highest BCUT2D eigenvalue weighted by Crippen LogP contribution is 2.51. The lowest BCUT2D eigenvalue weighted by atomic mass is 9.52. The first-order chi connectivity index (χ1) is 18.7. The third-order valence-electron chi connectivity index (χ3n) is 8.55. The van der Waals surface area contributed by atoms with Crippen LogP contribution in [0.15, 0.2) is 6.07 Å². The Morgan fingerprint density at radius 2 is 1.75 bits per heavy atom. The van der Waals surface area contributed by atoms with Crippen LogP contribution in [0.4, 0.5) is 0 Å². The monoisotopic (exact) mass is 556 g/mol. The largest absolute Gasteiger partial charge is 0.507 e. The number of ketones is 4. The van der Waals surface area contributed by atoms with Crippen molar-refractivity contribution in [2.45, 2.75) is 44.4 Å². The third-order valence-corrected chi connectivity index (χ3v) is 8.55. The number of carbonyl (C=O) groups excluding carboxylic acids is 6. The zero-order chi connectivity index (χ0) is 29.8. The smallest absolute Gasteiger partial charge is 0.235 e. The standard InChI is InChI=1S/C28H36N4O8/c1-6-12-7-14(10-30-17(33)11-31(2)3)22(34)19-15(12)8-13-9-16-21(32(4)5)24(36)20(27(29)39)26(38)28(16,40)25(37)18(13)23(19)35/h7,13,16,18,20-21,34,40H,6,8-11H2,1-5H3,(H2,29,39)(H,30,33)/t13-,16-,18?,20?,21+,28-/m0/s1. The van der Waals surface area contributed by atoms with Crippen molar-refractivity contribution in [2.24, 2.45) is 29.4 Å². The summed E-state index contributed by atoms with van der Waals surface area (Å²) in [5.74, 6) is -11.1. The van der Waals surface area contributed by atoms with Crippen LogP contribution in [0.3, 0.4) is 0 Å². The quantitative estimate of drug-likeness (QED) is 0.291. The highest BCUT2D eigenvalue weighted by atomic mass is 16.3. The Morgan fingerprint density at radius 1 is 1.10 bits per heavy atom. The van der Waals surface area contributed by atoms with Crippen molar-refractivity contribution in [3.8, 4) is 5.75 Å². The summed E-state index contributed by atoms with van der Waals surface area (Å²) in [5.41, 5.74) is 4.15. The van der Waals surface area contributed by atoms with Crippen LogP contribution in [-0.2, 0) is 43.4 Å². The maximum Gasteiger partial charge on any atom is 0.235 e. The van der Waals surface area contributed by atoms with Gasteiger partial charge in [0.05, 0.1) is 24.1 Å². The molecule has 0 radical (unpaired) electrons. The number of likely N-dealkylation sites (N-methyl/N-ethyl adjacent to an activating group) is 2. The Kier molecular flexibility index (Phi) is 7.74. The molecule has 2 amide bonds. The molecule has 40 heavy (non-hydrogen) atoms. The van der Waals surface area contributed by atoms with Crippen LogP contribution in [-0.4, -0.2) is 101 Å². The summed E-state index contributed by atoms with van der Waals surface area (Å²) in [6, 6.07) is 0.584. The van der Waals surface area contributed by atoms with Crippen molar-refractivity contribution in [2.75, 3.05) is 34.7 Å². The van der Waals surface area contributed by atoms with E-state index in [-0.39, 0.29) is 43.2 Å². The van der Waals surface area contributed by atoms with Gasteiger partial charge >= 0.3 is 0 Å². The zero-order valence-corrected chi connectivity index (χ0v) is 23.3. The topological polar surface area (TPSA) is 187 Å². The summed E-state index contributed by atoms with van der Waals surface area (Å²) in [7, 11) is 6.56. The van der Waals surface area contributed by atoms with Crippen molar-refractivity contribution in [1.29, 1.82) is 0 Å². The molecule has 12 nitrogen and oxygen atoms in total. The first-order valence-electron chi connectivity index (χ1n) is 13.3. The normalized spacial score (nSPS) is 29.8. The second-order valence-corrected chi connectivity index (χ2v) is 11.6. The van der Waals surface area contributed by atoms with Crippen LogP contribution >= 0.6 is 0 Å². The Labute approximate surface area is 231 Å². The van der Waals surface area contributed by atoms with Gasteiger partial charge in [-0.2, -0.15) is 0 Å². The number of nitrogens with zero attached hydrogens (tertiary/aromatic N) is 2. The number of carbonyl (C=O) groups is 6. The van der Waals surface area contributed by atoms with E-state index in [9.17, 15) is 39.0 Å². The van der Waals surface area contributed by atoms with Crippen molar-refractivity contribution in [1.82, 2.24) is 15.1 Å². The molecule has 216 valence electrons. The number of nitrogens with one attached hydrogen (secondary N) is 1. The van der Waals surface area contributed by atoms with Crippen LogP contribution < -0.4 is 11.1 Å². The van der Waals surface area contributed by atoms with E-state index in [2.05, 4.69) is 5.32 Å². The van der Waals surface area contributed by atoms with E-state index in [1.165, 1.54) is 4.90 Å². The van der Waals surface area contributed by atoms with E-state index in [4.69, 9.17) is 5.73 Å². The van der Waals surface area contributed by atoms with Crippen LogP contribution in [0, 0.1) is 23.7 Å². The second kappa shape index (κ2) is 10.5. The number of phenolic OH excluding ortho intramolecular Hbond substituents is 1. The lowest BCUT2D eigenvalue weighted by molar-refractivity contribution is -0.181. The van der Waals surface area contributed by atoms with Gasteiger partial charge in [0.15, 0.2) is 34.7 Å². The molecule has 1 aromatic carbocycles. The number of primary amides is 1. The molecule has 0 aliphatic heterocycles. The fraction of sp³-hybridized carbons (Fsp3) is 0.571. The van der Waals surface area contributed by atoms with Crippen molar-refractivity contribution in [3.05, 3.63) is 28.3 Å². The molecule has 5 N–H and O–H groups in total. The number of hydrogen-bond acceptors (Lipinski definition) is 10. The van der Waals surface area contributed by atoms with Crippen molar-refractivity contribution < 1.29 is 39.0 Å². The number of aliphatic hydroxyl groups is 1. The number of amides is 2. The van der Waals surface area contributed by atoms with Crippen molar-refractivity contribution >= 4 is 34.9 Å². The maximum atomic E-state index is 13.9. The molecule has 4 rings (SSSR count). The number of nitrogens with two attached hydrogens (primary N) is 1. The molecule has 2 saturated carbocycles. The van der Waals surface area contributed by atoms with Gasteiger partial charge in [-0.25, -0.2) is 0 Å². The summed E-state index contributed by atoms with van der Waals surface area (Å²) < 4.78 is 0. The van der Waals surface area contributed by atoms with E-state index >= 15 is 0 Å². The van der Waals surface area contributed by atoms with E-state index in [0.717, 1.165) is 5.56 Å². The van der Waals surface area contributed by atoms with Crippen LogP contribution in [0.25, 0.3) is 0 Å². The van der Waals surface area contributed by atoms with Crippen LogP contribution in [0.2, 0.25) is 0 Å². The lowest BCUT2D eigenvalue weighted by Crippen LogP contribution is -2.74. The molecule has 2 unspecified atom stereocenters. The first kappa shape index (κ1) is 29.5. The highest BCUT2D eigenvalue weighted by molar-refractivity contribution is 6.32. The predicted octanol–water partition coefficient (Wildman–Crippen LogP) is -1.39. The van der Waals surface area contributed by atoms with Gasteiger partial charge in [0.25, 0.3) is 0 Å². The summed E-state index contributed by atoms with van der Waals surface area (Å²) in [6.45, 7) is 1.96. The summed E-state index contributed by atoms with van der Waals surface area (Å²) in [5, 5.41) is 25.6. The molecule has 0 spiro atoms. The number of Topliss-reactive ketones (excluding diaryl/α,β-unsaturated/α-hetero) is 4. The molecule has 3 aliphatic rings. The minimum atomic E-state index is -2.77. The molecule has 3 aliphatic carbocycles. The predicted molar refractivity (Wildman–Crippen MR) is 141 cm³/mol. The van der Waals surface area contributed by atoms with Gasteiger partial charge in [0.1, 0.15) is 5.75 Å². The molecular weight excluding hydrogens is 520 g/mol. The summed E-state index contributed by atoms with van der Waals surface area (Å²) in [6.07, 6.45) is 0.705. The summed E-state index contributed by atoms with van der Waals surface area (Å²) >= 11 is 0. The molecule has 0 heterocycles. The summed E-state index contributed by atoms with van der Waals surface area (Å²) in [4.78, 5) is 81.8. The average Bonchev–Trinajstić information content (AvgIpc) is 2.85. The molecule has 0 bridgehead atoms. The minimum Gasteiger partial charge on any atom is -0.507 e. The Morgan fingerprint density at radius 3 is 2.30 bits per heavy atom. The van der Waals surface area contributed by atoms with Gasteiger partial charge in [-0.05, 0) is 64.5 Å². The molecule has 12 heteroatoms. The molecule has 6 atom stereocenters. The van der Waals surface area contributed by atoms with Gasteiger partial charge in [-0.15, -0.1) is 0 Å². The maximum absolute atomic E-state index is 13.9. The Balaban J connectivity index is 1.79. The number of rotatable bonds is 7. The highest BCUT2D eigenvalue weighted by Gasteiger charge is 2.69. The average molecular weight is 557 g/mol. The number of hydrogen-bond donors (Lipinski definition) is 4. The molecule has 2 fully saturated rings. The fourth-order valence-corrected chi connectivity index (χ4v) is 6.80. The molecule has 0 saturated heterocycles. The van der Waals surface area contributed by atoms with E-state index in [1.807, 2.05) is 6.92 Å². The van der Waals surface area contributed by atoms with E-state index < -0.39 is 64.4 Å². The number of benzene rings is 1. The van der Waals surface area contributed by atoms with Gasteiger partial charge < -0.3 is 26.2 Å². The first-order valence-corrected chi connectivity index (χ1v) is 13.3. The van der Waals surface area contributed by atoms with E-state index in [0.29, 0.717) is 17.5 Å². The number of aromatic hydroxyl groups is 1. The molecule has 1 aromatic rings. The molecular formula is C28H36N4O8. The van der Waals surface area contributed by atoms with Gasteiger partial charge in [-0.1, -0.05) is 13.0 Å². The fourth-order valence-electron chi connectivity index (χ4n) is 6.80. The third kappa shape index (κ3) is 4.43. The zero-order valence-electron chi connectivity index (χ0n) is 23.3. The SMILES string of the molecule is CCc1cc(CNC(=O)CN(C)C)c(O)c2c1C[C@H]1C[C@H]3[C@@H](N(C)C)C(=O)C(C(N)=O)C(=O)[C@@]3(O)C(=O)C1C2=O. The number of phenols is 1. The van der Waals surface area contributed by atoms with Gasteiger partial charge in [0, 0.05) is 18.0 Å². The Bertz CT molecular complexity index is 1320. The number of fused-ring (bicyclic) bond motifs is 3. The second-order valence-electron chi connectivity index (χ2n) is 11.6. The Hall–Kier alpha value is -3.48. The van der Waals surface area contributed by atoms with E-state index in [1.54, 1.807) is 39.2 Å². The van der Waals surface area contributed by atoms with Gasteiger partial charge in [0.2, 0.25) is 11.8 Å². The van der Waals surface area contributed by atoms with Crippen LogP contribution in [0.1, 0.15) is 40.4 Å². The van der Waals surface area contributed by atoms with Crippen LogP contribution in [0.5, 0.6) is 5.75 Å². The number of aryl methyl sites for hydroxylation is 1. The minimum absolute atomic E-state index is 0.00381. The van der Waals surface area contributed by atoms with Gasteiger partial charge in [-0.3, -0.25) is 33.7 Å². The lowest BCUT2D eigenvalue weighted by Gasteiger charge is -2.52. The molecule has 0 aromatic heterocycles.